The summed E-state index contributed by atoms with van der Waals surface area (Å²) >= 11 is 2.26. The molecule has 1 heterocycles. The summed E-state index contributed by atoms with van der Waals surface area (Å²) in [4.78, 5) is 4.71. The van der Waals surface area contributed by atoms with Gasteiger partial charge in [-0.05, 0) is 88.9 Å². The number of nitrogens with one attached hydrogen (secondary N) is 1. The number of hydrogen-bond donors (Lipinski definition) is 1. The Morgan fingerprint density at radius 3 is 2.74 bits per heavy atom. The fourth-order valence-corrected chi connectivity index (χ4v) is 5.84. The minimum Gasteiger partial charge on any atom is -0.493 e. The van der Waals surface area contributed by atoms with E-state index < -0.39 is 0 Å². The van der Waals surface area contributed by atoms with Crippen molar-refractivity contribution in [3.8, 4) is 11.5 Å². The van der Waals surface area contributed by atoms with E-state index in [9.17, 15) is 0 Å². The van der Waals surface area contributed by atoms with Crippen molar-refractivity contribution in [1.82, 2.24) is 0 Å². The Morgan fingerprint density at radius 2 is 1.97 bits per heavy atom. The molecule has 2 aliphatic rings. The number of hydrogen-bond acceptors (Lipinski definition) is 4. The summed E-state index contributed by atoms with van der Waals surface area (Å²) in [6.07, 6.45) is 9.41. The first kappa shape index (κ1) is 23.7. The van der Waals surface area contributed by atoms with Crippen LogP contribution < -0.4 is 14.8 Å². The maximum atomic E-state index is 5.75. The molecule has 178 valence electrons. The molecule has 0 spiro atoms. The molecule has 1 aliphatic carbocycles. The highest BCUT2D eigenvalue weighted by Crippen LogP contribution is 2.50. The zero-order valence-electron chi connectivity index (χ0n) is 20.0. The smallest absolute Gasteiger partial charge is 0.174 e. The number of halogens is 1. The van der Waals surface area contributed by atoms with E-state index in [4.69, 9.17) is 14.5 Å². The van der Waals surface area contributed by atoms with Crippen LogP contribution in [0.1, 0.15) is 40.6 Å². The predicted molar refractivity (Wildman–Crippen MR) is 153 cm³/mol. The van der Waals surface area contributed by atoms with Crippen molar-refractivity contribution in [3.05, 3.63) is 105 Å². The number of nitrogens with zero attached hydrogens (tertiary/aromatic N) is 1. The maximum Gasteiger partial charge on any atom is 0.174 e. The number of ether oxygens (including phenoxy) is 2. The summed E-state index contributed by atoms with van der Waals surface area (Å²) in [6.45, 7) is 6.31. The molecule has 0 unspecified atom stereocenters. The summed E-state index contributed by atoms with van der Waals surface area (Å²) in [5.41, 5.74) is 7.17. The van der Waals surface area contributed by atoms with Crippen LogP contribution in [0.2, 0.25) is 0 Å². The van der Waals surface area contributed by atoms with Gasteiger partial charge in [-0.15, -0.1) is 0 Å². The zero-order chi connectivity index (χ0) is 24.4. The summed E-state index contributed by atoms with van der Waals surface area (Å²) < 4.78 is 12.2. The van der Waals surface area contributed by atoms with E-state index in [1.54, 1.807) is 13.2 Å². The van der Waals surface area contributed by atoms with Crippen molar-refractivity contribution < 1.29 is 9.47 Å². The van der Waals surface area contributed by atoms with Gasteiger partial charge in [-0.2, -0.15) is 0 Å². The van der Waals surface area contributed by atoms with Gasteiger partial charge in [0.15, 0.2) is 11.5 Å². The summed E-state index contributed by atoms with van der Waals surface area (Å²) in [6, 6.07) is 19.6. The van der Waals surface area contributed by atoms with Gasteiger partial charge in [0.2, 0.25) is 0 Å². The highest BCUT2D eigenvalue weighted by molar-refractivity contribution is 14.1. The molecule has 5 rings (SSSR count). The van der Waals surface area contributed by atoms with Crippen molar-refractivity contribution in [2.45, 2.75) is 25.3 Å². The molecule has 3 aromatic rings. The molecule has 0 radical (unpaired) electrons. The topological polar surface area (TPSA) is 42.8 Å². The molecular formula is C30H29IN2O2. The monoisotopic (exact) mass is 576 g/mol. The number of benzene rings is 3. The van der Waals surface area contributed by atoms with Gasteiger partial charge < -0.3 is 14.8 Å². The lowest BCUT2D eigenvalue weighted by atomic mass is 9.76. The lowest BCUT2D eigenvalue weighted by molar-refractivity contribution is 0.324. The highest BCUT2D eigenvalue weighted by Gasteiger charge is 2.37. The van der Waals surface area contributed by atoms with Gasteiger partial charge in [0.25, 0.3) is 0 Å². The normalized spacial score (nSPS) is 20.3. The van der Waals surface area contributed by atoms with Gasteiger partial charge in [-0.3, -0.25) is 4.99 Å². The molecule has 1 N–H and O–H groups in total. The molecule has 3 atom stereocenters. The van der Waals surface area contributed by atoms with Gasteiger partial charge in [0.1, 0.15) is 6.61 Å². The van der Waals surface area contributed by atoms with Crippen LogP contribution in [0.4, 0.5) is 11.4 Å². The molecule has 35 heavy (non-hydrogen) atoms. The summed E-state index contributed by atoms with van der Waals surface area (Å²) in [7, 11) is 1.65. The predicted octanol–water partition coefficient (Wildman–Crippen LogP) is 7.75. The molecule has 0 bridgehead atoms. The van der Waals surface area contributed by atoms with Gasteiger partial charge in [0.05, 0.1) is 22.4 Å². The SMILES string of the molecule is C=CCOc1c(I)cc(C=Nc2ccc([C@@H]3Nc4ccc(C)cc4[C@@H]4C=CC[C@@H]43)cc2)cc1OC. The maximum absolute atomic E-state index is 5.75. The van der Waals surface area contributed by atoms with Crippen LogP contribution in [0.15, 0.2) is 84.4 Å². The zero-order valence-corrected chi connectivity index (χ0v) is 22.2. The number of fused-ring (bicyclic) bond motifs is 3. The number of methoxy groups -OCH3 is 1. The van der Waals surface area contributed by atoms with Crippen molar-refractivity contribution in [2.24, 2.45) is 10.9 Å². The number of aryl methyl sites for hydroxylation is 1. The first-order valence-electron chi connectivity index (χ1n) is 11.9. The fourth-order valence-electron chi connectivity index (χ4n) is 5.06. The van der Waals surface area contributed by atoms with E-state index in [0.29, 0.717) is 24.2 Å². The van der Waals surface area contributed by atoms with E-state index >= 15 is 0 Å². The van der Waals surface area contributed by atoms with Crippen LogP contribution in [0, 0.1) is 16.4 Å². The van der Waals surface area contributed by atoms with Gasteiger partial charge in [-0.25, -0.2) is 0 Å². The van der Waals surface area contributed by atoms with Crippen molar-refractivity contribution in [2.75, 3.05) is 19.0 Å². The Labute approximate surface area is 220 Å². The highest BCUT2D eigenvalue weighted by atomic mass is 127. The Hall–Kier alpha value is -3.06. The second-order valence-corrected chi connectivity index (χ2v) is 10.2. The van der Waals surface area contributed by atoms with Gasteiger partial charge in [-0.1, -0.05) is 54.6 Å². The lowest BCUT2D eigenvalue weighted by Crippen LogP contribution is -2.29. The number of aliphatic imine (C=N–C) groups is 1. The molecule has 5 heteroatoms. The van der Waals surface area contributed by atoms with Crippen LogP contribution in [-0.2, 0) is 0 Å². The quantitative estimate of drug-likeness (QED) is 0.178. The van der Waals surface area contributed by atoms with Gasteiger partial charge >= 0.3 is 0 Å². The van der Waals surface area contributed by atoms with Gasteiger partial charge in [0, 0.05) is 17.8 Å². The van der Waals surface area contributed by atoms with Crippen LogP contribution in [0.25, 0.3) is 0 Å². The van der Waals surface area contributed by atoms with E-state index in [2.05, 4.69) is 96.0 Å². The second kappa shape index (κ2) is 10.3. The average molecular weight is 576 g/mol. The average Bonchev–Trinajstić information content (AvgIpc) is 3.37. The third-order valence-corrected chi connectivity index (χ3v) is 7.53. The number of anilines is 1. The molecule has 0 saturated carbocycles. The lowest BCUT2D eigenvalue weighted by Gasteiger charge is -2.37. The molecule has 3 aromatic carbocycles. The Balaban J connectivity index is 1.35. The number of allylic oxidation sites excluding steroid dienone is 2. The van der Waals surface area contributed by atoms with E-state index in [0.717, 1.165) is 27.0 Å². The largest absolute Gasteiger partial charge is 0.493 e. The molecular weight excluding hydrogens is 547 g/mol. The first-order valence-corrected chi connectivity index (χ1v) is 12.9. The minimum absolute atomic E-state index is 0.289. The van der Waals surface area contributed by atoms with Crippen LogP contribution in [-0.4, -0.2) is 19.9 Å². The molecule has 0 aromatic heterocycles. The standard InChI is InChI=1S/C30H29IN2O2/c1-4-14-35-30-26(31)16-20(17-28(30)34-3)18-32-22-11-9-21(10-12-22)29-24-7-5-6-23(24)25-15-19(2)8-13-27(25)33-29/h4-6,8-13,15-18,23-24,29,33H,1,7,14H2,2-3H3/t23-,24+,29+/m1/s1. The summed E-state index contributed by atoms with van der Waals surface area (Å²) in [5, 5.41) is 3.82. The summed E-state index contributed by atoms with van der Waals surface area (Å²) in [5.74, 6) is 2.43. The third kappa shape index (κ3) is 4.87. The first-order chi connectivity index (χ1) is 17.1. The van der Waals surface area contributed by atoms with Crippen LogP contribution in [0.3, 0.4) is 0 Å². The van der Waals surface area contributed by atoms with E-state index in [1.165, 1.54) is 22.4 Å². The Bertz CT molecular complexity index is 1300. The fraction of sp³-hybridized carbons (Fsp3) is 0.233. The number of rotatable bonds is 7. The molecule has 0 saturated heterocycles. The van der Waals surface area contributed by atoms with Crippen molar-refractivity contribution >= 4 is 40.2 Å². The third-order valence-electron chi connectivity index (χ3n) is 6.73. The van der Waals surface area contributed by atoms with Crippen molar-refractivity contribution in [1.29, 1.82) is 0 Å². The Kier molecular flexibility index (Phi) is 6.95. The molecule has 1 aliphatic heterocycles. The van der Waals surface area contributed by atoms with Crippen molar-refractivity contribution in [3.63, 3.8) is 0 Å². The van der Waals surface area contributed by atoms with Crippen LogP contribution in [0.5, 0.6) is 11.5 Å². The van der Waals surface area contributed by atoms with E-state index in [-0.39, 0.29) is 6.04 Å². The second-order valence-electron chi connectivity index (χ2n) is 9.05. The van der Waals surface area contributed by atoms with Crippen LogP contribution >= 0.6 is 22.6 Å². The molecule has 0 fully saturated rings. The molecule has 0 amide bonds. The minimum atomic E-state index is 0.289. The Morgan fingerprint density at radius 1 is 1.14 bits per heavy atom. The molecule has 4 nitrogen and oxygen atoms in total. The van der Waals surface area contributed by atoms with E-state index in [1.807, 2.05) is 18.3 Å².